The summed E-state index contributed by atoms with van der Waals surface area (Å²) >= 11 is 3.42. The van der Waals surface area contributed by atoms with Crippen LogP contribution >= 0.6 is 15.9 Å². The summed E-state index contributed by atoms with van der Waals surface area (Å²) in [4.78, 5) is 0. The summed E-state index contributed by atoms with van der Waals surface area (Å²) in [5, 5.41) is 9.94. The molecule has 0 aromatic heterocycles. The van der Waals surface area contributed by atoms with Gasteiger partial charge in [-0.1, -0.05) is 22.9 Å². The van der Waals surface area contributed by atoms with E-state index in [1.54, 1.807) is 0 Å². The summed E-state index contributed by atoms with van der Waals surface area (Å²) in [7, 11) is 0. The first-order valence-corrected chi connectivity index (χ1v) is 5.57. The van der Waals surface area contributed by atoms with E-state index < -0.39 is 6.10 Å². The maximum absolute atomic E-state index is 9.94. The van der Waals surface area contributed by atoms with E-state index in [0.717, 1.165) is 27.8 Å². The molecule has 3 heteroatoms. The van der Waals surface area contributed by atoms with Crippen LogP contribution in [0.1, 0.15) is 30.6 Å². The second kappa shape index (κ2) is 3.55. The molecule has 1 N–H and O–H groups in total. The van der Waals surface area contributed by atoms with E-state index in [1.807, 2.05) is 26.0 Å². The zero-order valence-corrected chi connectivity index (χ0v) is 9.84. The number of halogens is 1. The zero-order chi connectivity index (χ0) is 10.3. The van der Waals surface area contributed by atoms with Crippen molar-refractivity contribution >= 4 is 15.9 Å². The first-order valence-electron chi connectivity index (χ1n) is 4.78. The first-order chi connectivity index (χ1) is 6.63. The average molecular weight is 257 g/mol. The molecule has 0 bridgehead atoms. The molecule has 1 aliphatic heterocycles. The highest BCUT2D eigenvalue weighted by molar-refractivity contribution is 9.10. The van der Waals surface area contributed by atoms with Gasteiger partial charge in [0.1, 0.15) is 18.0 Å². The minimum Gasteiger partial charge on any atom is -0.487 e. The minimum atomic E-state index is -0.480. The molecule has 0 saturated carbocycles. The van der Waals surface area contributed by atoms with Crippen LogP contribution in [0.5, 0.6) is 5.75 Å². The van der Waals surface area contributed by atoms with Gasteiger partial charge in [0.2, 0.25) is 0 Å². The number of aliphatic hydroxyl groups is 1. The van der Waals surface area contributed by atoms with Crippen LogP contribution in [0.25, 0.3) is 0 Å². The fourth-order valence-corrected chi connectivity index (χ4v) is 2.45. The fraction of sp³-hybridized carbons (Fsp3) is 0.455. The molecule has 0 fully saturated rings. The molecular formula is C11H13BrO2. The van der Waals surface area contributed by atoms with Crippen molar-refractivity contribution in [1.29, 1.82) is 0 Å². The Labute approximate surface area is 92.0 Å². The van der Waals surface area contributed by atoms with Crippen LogP contribution in [0.3, 0.4) is 0 Å². The molecule has 1 heterocycles. The van der Waals surface area contributed by atoms with Gasteiger partial charge in [-0.15, -0.1) is 0 Å². The smallest absolute Gasteiger partial charge is 0.129 e. The van der Waals surface area contributed by atoms with Gasteiger partial charge >= 0.3 is 0 Å². The van der Waals surface area contributed by atoms with Crippen molar-refractivity contribution < 1.29 is 9.84 Å². The quantitative estimate of drug-likeness (QED) is 0.838. The van der Waals surface area contributed by atoms with Gasteiger partial charge in [-0.3, -0.25) is 0 Å². The molecule has 0 aliphatic carbocycles. The van der Waals surface area contributed by atoms with Crippen LogP contribution in [0.15, 0.2) is 16.6 Å². The van der Waals surface area contributed by atoms with Gasteiger partial charge in [-0.25, -0.2) is 0 Å². The van der Waals surface area contributed by atoms with E-state index in [2.05, 4.69) is 15.9 Å². The predicted octanol–water partition coefficient (Wildman–Crippen LogP) is 2.96. The molecule has 1 aliphatic rings. The predicted molar refractivity (Wildman–Crippen MR) is 58.5 cm³/mol. The second-order valence-corrected chi connectivity index (χ2v) is 4.57. The van der Waals surface area contributed by atoms with Gasteiger partial charge in [0, 0.05) is 10.0 Å². The number of fused-ring (bicyclic) bond motifs is 1. The van der Waals surface area contributed by atoms with Crippen LogP contribution < -0.4 is 4.74 Å². The standard InChI is InChI=1S/C11H13BrO2/c1-3-9-10(13)8-5-7(12)4-6(2)11(8)14-9/h4-5,9-10,13H,3H2,1-2H3. The van der Waals surface area contributed by atoms with Crippen molar-refractivity contribution in [2.24, 2.45) is 0 Å². The molecule has 2 rings (SSSR count). The lowest BCUT2D eigenvalue weighted by atomic mass is 10.0. The van der Waals surface area contributed by atoms with E-state index in [1.165, 1.54) is 0 Å². The van der Waals surface area contributed by atoms with Gasteiger partial charge in [-0.05, 0) is 31.0 Å². The maximum atomic E-state index is 9.94. The van der Waals surface area contributed by atoms with Crippen molar-refractivity contribution in [3.8, 4) is 5.75 Å². The molecule has 2 nitrogen and oxygen atoms in total. The third kappa shape index (κ3) is 1.44. The lowest BCUT2D eigenvalue weighted by Crippen LogP contribution is -2.16. The van der Waals surface area contributed by atoms with E-state index in [9.17, 15) is 5.11 Å². The monoisotopic (exact) mass is 256 g/mol. The number of hydrogen-bond donors (Lipinski definition) is 1. The largest absolute Gasteiger partial charge is 0.487 e. The lowest BCUT2D eigenvalue weighted by molar-refractivity contribution is 0.0651. The molecule has 2 unspecified atom stereocenters. The molecule has 1 aromatic rings. The minimum absolute atomic E-state index is 0.0852. The van der Waals surface area contributed by atoms with Crippen LogP contribution in [0, 0.1) is 6.92 Å². The average Bonchev–Trinajstić information content (AvgIpc) is 2.44. The molecular weight excluding hydrogens is 244 g/mol. The highest BCUT2D eigenvalue weighted by Gasteiger charge is 2.32. The van der Waals surface area contributed by atoms with E-state index >= 15 is 0 Å². The van der Waals surface area contributed by atoms with Gasteiger partial charge in [0.05, 0.1) is 0 Å². The summed E-state index contributed by atoms with van der Waals surface area (Å²) < 4.78 is 6.68. The van der Waals surface area contributed by atoms with Crippen molar-refractivity contribution in [1.82, 2.24) is 0 Å². The summed E-state index contributed by atoms with van der Waals surface area (Å²) in [6.45, 7) is 4.01. The van der Waals surface area contributed by atoms with Crippen molar-refractivity contribution in [3.63, 3.8) is 0 Å². The zero-order valence-electron chi connectivity index (χ0n) is 8.25. The Bertz CT molecular complexity index is 363. The molecule has 2 atom stereocenters. The van der Waals surface area contributed by atoms with Crippen LogP contribution in [-0.2, 0) is 0 Å². The van der Waals surface area contributed by atoms with Crippen molar-refractivity contribution in [2.75, 3.05) is 0 Å². The molecule has 1 aromatic carbocycles. The van der Waals surface area contributed by atoms with Gasteiger partial charge in [0.15, 0.2) is 0 Å². The van der Waals surface area contributed by atoms with Crippen molar-refractivity contribution in [3.05, 3.63) is 27.7 Å². The van der Waals surface area contributed by atoms with Gasteiger partial charge in [-0.2, -0.15) is 0 Å². The Kier molecular flexibility index (Phi) is 2.54. The SMILES string of the molecule is CCC1Oc2c(C)cc(Br)cc2C1O. The number of aliphatic hydroxyl groups excluding tert-OH is 1. The number of aryl methyl sites for hydroxylation is 1. The fourth-order valence-electron chi connectivity index (χ4n) is 1.86. The van der Waals surface area contributed by atoms with Gasteiger partial charge in [0.25, 0.3) is 0 Å². The third-order valence-electron chi connectivity index (χ3n) is 2.61. The molecule has 14 heavy (non-hydrogen) atoms. The Balaban J connectivity index is 2.48. The Morgan fingerprint density at radius 1 is 1.50 bits per heavy atom. The Hall–Kier alpha value is -0.540. The topological polar surface area (TPSA) is 29.5 Å². The first kappa shape index (κ1) is 9.99. The molecule has 0 amide bonds. The number of benzene rings is 1. The number of ether oxygens (including phenoxy) is 1. The van der Waals surface area contributed by atoms with E-state index in [4.69, 9.17) is 4.74 Å². The summed E-state index contributed by atoms with van der Waals surface area (Å²) in [5.41, 5.74) is 1.98. The lowest BCUT2D eigenvalue weighted by Gasteiger charge is -2.10. The van der Waals surface area contributed by atoms with E-state index in [-0.39, 0.29) is 6.10 Å². The molecule has 0 spiro atoms. The summed E-state index contributed by atoms with van der Waals surface area (Å²) in [6, 6.07) is 3.94. The third-order valence-corrected chi connectivity index (χ3v) is 3.07. The van der Waals surface area contributed by atoms with E-state index in [0.29, 0.717) is 0 Å². The van der Waals surface area contributed by atoms with Crippen LogP contribution in [-0.4, -0.2) is 11.2 Å². The number of hydrogen-bond acceptors (Lipinski definition) is 2. The normalized spacial score (nSPS) is 24.6. The highest BCUT2D eigenvalue weighted by atomic mass is 79.9. The van der Waals surface area contributed by atoms with Crippen LogP contribution in [0.2, 0.25) is 0 Å². The maximum Gasteiger partial charge on any atom is 0.129 e. The molecule has 0 saturated heterocycles. The van der Waals surface area contributed by atoms with Gasteiger partial charge < -0.3 is 9.84 Å². The molecule has 0 radical (unpaired) electrons. The Morgan fingerprint density at radius 3 is 2.86 bits per heavy atom. The number of rotatable bonds is 1. The Morgan fingerprint density at radius 2 is 2.21 bits per heavy atom. The van der Waals surface area contributed by atoms with Crippen molar-refractivity contribution in [2.45, 2.75) is 32.5 Å². The molecule has 76 valence electrons. The van der Waals surface area contributed by atoms with Crippen LogP contribution in [0.4, 0.5) is 0 Å². The summed E-state index contributed by atoms with van der Waals surface area (Å²) in [6.07, 6.45) is 0.261. The second-order valence-electron chi connectivity index (χ2n) is 3.65. The summed E-state index contributed by atoms with van der Waals surface area (Å²) in [5.74, 6) is 0.854. The highest BCUT2D eigenvalue weighted by Crippen LogP contribution is 2.41.